The van der Waals surface area contributed by atoms with Gasteiger partial charge in [-0.05, 0) is 35.9 Å². The predicted octanol–water partition coefficient (Wildman–Crippen LogP) is 4.36. The molecule has 2 nitrogen and oxygen atoms in total. The number of halogens is 2. The van der Waals surface area contributed by atoms with Gasteiger partial charge in [-0.1, -0.05) is 50.1 Å². The number of hydrogen-bond donors (Lipinski definition) is 0. The molecule has 0 aliphatic carbocycles. The SMILES string of the molecule is O=C(Cc1cccc(Br)c1)Oc1cccc(Br)c1. The highest BCUT2D eigenvalue weighted by Crippen LogP contribution is 2.18. The molecule has 2 rings (SSSR count). The minimum absolute atomic E-state index is 0.256. The summed E-state index contributed by atoms with van der Waals surface area (Å²) in [6.45, 7) is 0. The smallest absolute Gasteiger partial charge is 0.315 e. The maximum absolute atomic E-state index is 11.8. The van der Waals surface area contributed by atoms with Gasteiger partial charge in [-0.2, -0.15) is 0 Å². The van der Waals surface area contributed by atoms with Crippen molar-refractivity contribution in [2.24, 2.45) is 0 Å². The van der Waals surface area contributed by atoms with E-state index in [1.807, 2.05) is 36.4 Å². The van der Waals surface area contributed by atoms with Crippen molar-refractivity contribution < 1.29 is 9.53 Å². The minimum Gasteiger partial charge on any atom is -0.426 e. The highest BCUT2D eigenvalue weighted by Gasteiger charge is 2.07. The van der Waals surface area contributed by atoms with E-state index in [0.29, 0.717) is 5.75 Å². The molecule has 0 N–H and O–H groups in total. The average molecular weight is 370 g/mol. The Morgan fingerprint density at radius 2 is 1.67 bits per heavy atom. The van der Waals surface area contributed by atoms with Crippen LogP contribution in [0.25, 0.3) is 0 Å². The highest BCUT2D eigenvalue weighted by molar-refractivity contribution is 9.10. The number of hydrogen-bond acceptors (Lipinski definition) is 2. The molecule has 4 heteroatoms. The van der Waals surface area contributed by atoms with Crippen LogP contribution in [-0.2, 0) is 11.2 Å². The zero-order valence-electron chi connectivity index (χ0n) is 9.40. The number of carbonyl (C=O) groups is 1. The van der Waals surface area contributed by atoms with Gasteiger partial charge in [0.25, 0.3) is 0 Å². The summed E-state index contributed by atoms with van der Waals surface area (Å²) in [6.07, 6.45) is 0.256. The Bertz CT molecular complexity index is 518. The fraction of sp³-hybridized carbons (Fsp3) is 0.0714. The van der Waals surface area contributed by atoms with Crippen LogP contribution >= 0.6 is 31.9 Å². The monoisotopic (exact) mass is 368 g/mol. The van der Waals surface area contributed by atoms with Gasteiger partial charge in [0.1, 0.15) is 5.75 Å². The summed E-state index contributed by atoms with van der Waals surface area (Å²) in [6, 6.07) is 14.8. The van der Waals surface area contributed by atoms with Gasteiger partial charge in [0, 0.05) is 8.95 Å². The van der Waals surface area contributed by atoms with E-state index in [9.17, 15) is 4.79 Å². The molecule has 0 saturated carbocycles. The van der Waals surface area contributed by atoms with Crippen molar-refractivity contribution in [1.29, 1.82) is 0 Å². The van der Waals surface area contributed by atoms with Crippen molar-refractivity contribution in [2.75, 3.05) is 0 Å². The molecule has 0 aliphatic rings. The van der Waals surface area contributed by atoms with Crippen LogP contribution in [-0.4, -0.2) is 5.97 Å². The van der Waals surface area contributed by atoms with E-state index < -0.39 is 0 Å². The Balaban J connectivity index is 2.01. The normalized spacial score (nSPS) is 10.1. The molecule has 0 radical (unpaired) electrons. The second kappa shape index (κ2) is 6.16. The van der Waals surface area contributed by atoms with Crippen molar-refractivity contribution in [1.82, 2.24) is 0 Å². The van der Waals surface area contributed by atoms with Gasteiger partial charge in [0.05, 0.1) is 6.42 Å². The summed E-state index contributed by atoms with van der Waals surface area (Å²) in [7, 11) is 0. The lowest BCUT2D eigenvalue weighted by atomic mass is 10.1. The van der Waals surface area contributed by atoms with Crippen LogP contribution in [0.2, 0.25) is 0 Å². The summed E-state index contributed by atoms with van der Waals surface area (Å²) in [4.78, 5) is 11.8. The van der Waals surface area contributed by atoms with E-state index in [1.165, 1.54) is 0 Å². The third-order valence-corrected chi connectivity index (χ3v) is 3.25. The van der Waals surface area contributed by atoms with Crippen molar-refractivity contribution in [3.05, 3.63) is 63.0 Å². The molecular formula is C14H10Br2O2. The zero-order chi connectivity index (χ0) is 13.0. The number of esters is 1. The fourth-order valence-electron chi connectivity index (χ4n) is 1.51. The summed E-state index contributed by atoms with van der Waals surface area (Å²) < 4.78 is 7.09. The summed E-state index contributed by atoms with van der Waals surface area (Å²) >= 11 is 6.70. The molecule has 0 saturated heterocycles. The Hall–Kier alpha value is -1.13. The van der Waals surface area contributed by atoms with Gasteiger partial charge in [-0.3, -0.25) is 4.79 Å². The molecule has 92 valence electrons. The Morgan fingerprint density at radius 3 is 2.33 bits per heavy atom. The number of rotatable bonds is 3. The van der Waals surface area contributed by atoms with E-state index in [-0.39, 0.29) is 12.4 Å². The molecule has 0 unspecified atom stereocenters. The van der Waals surface area contributed by atoms with Gasteiger partial charge in [-0.25, -0.2) is 0 Å². The Labute approximate surface area is 122 Å². The largest absolute Gasteiger partial charge is 0.426 e. The summed E-state index contributed by atoms with van der Waals surface area (Å²) in [5.41, 5.74) is 0.921. The van der Waals surface area contributed by atoms with E-state index in [4.69, 9.17) is 4.74 Å². The zero-order valence-corrected chi connectivity index (χ0v) is 12.6. The second-order valence-corrected chi connectivity index (χ2v) is 5.57. The van der Waals surface area contributed by atoms with Crippen molar-refractivity contribution in [3.8, 4) is 5.75 Å². The lowest BCUT2D eigenvalue weighted by Gasteiger charge is -2.05. The fourth-order valence-corrected chi connectivity index (χ4v) is 2.34. The standard InChI is InChI=1S/C14H10Br2O2/c15-11-4-1-3-10(7-11)8-14(17)18-13-6-2-5-12(16)9-13/h1-7,9H,8H2. The first-order chi connectivity index (χ1) is 8.63. The topological polar surface area (TPSA) is 26.3 Å². The Kier molecular flexibility index (Phi) is 4.55. The highest BCUT2D eigenvalue weighted by atomic mass is 79.9. The maximum Gasteiger partial charge on any atom is 0.315 e. The molecule has 0 amide bonds. The van der Waals surface area contributed by atoms with Crippen LogP contribution in [0.3, 0.4) is 0 Å². The van der Waals surface area contributed by atoms with Gasteiger partial charge in [0.2, 0.25) is 0 Å². The third-order valence-electron chi connectivity index (χ3n) is 2.27. The van der Waals surface area contributed by atoms with Gasteiger partial charge in [-0.15, -0.1) is 0 Å². The number of carbonyl (C=O) groups excluding carboxylic acids is 1. The molecule has 0 heterocycles. The first-order valence-corrected chi connectivity index (χ1v) is 6.93. The van der Waals surface area contributed by atoms with Gasteiger partial charge < -0.3 is 4.74 Å². The first-order valence-electron chi connectivity index (χ1n) is 5.34. The number of ether oxygens (including phenoxy) is 1. The van der Waals surface area contributed by atoms with E-state index >= 15 is 0 Å². The van der Waals surface area contributed by atoms with Crippen LogP contribution in [0, 0.1) is 0 Å². The molecule has 0 aliphatic heterocycles. The quantitative estimate of drug-likeness (QED) is 0.593. The molecule has 18 heavy (non-hydrogen) atoms. The van der Waals surface area contributed by atoms with E-state index in [1.54, 1.807) is 12.1 Å². The molecule has 0 atom stereocenters. The van der Waals surface area contributed by atoms with Crippen LogP contribution in [0.15, 0.2) is 57.5 Å². The van der Waals surface area contributed by atoms with Crippen LogP contribution in [0.1, 0.15) is 5.56 Å². The third kappa shape index (κ3) is 3.96. The van der Waals surface area contributed by atoms with E-state index in [2.05, 4.69) is 31.9 Å². The Morgan fingerprint density at radius 1 is 1.00 bits per heavy atom. The van der Waals surface area contributed by atoms with Crippen molar-refractivity contribution >= 4 is 37.8 Å². The molecule has 0 aromatic heterocycles. The van der Waals surface area contributed by atoms with Crippen LogP contribution in [0.4, 0.5) is 0 Å². The molecule has 0 bridgehead atoms. The summed E-state index contributed by atoms with van der Waals surface area (Å²) in [5.74, 6) is 0.274. The summed E-state index contributed by atoms with van der Waals surface area (Å²) in [5, 5.41) is 0. The minimum atomic E-state index is -0.272. The molecule has 2 aromatic rings. The van der Waals surface area contributed by atoms with Crippen LogP contribution in [0.5, 0.6) is 5.75 Å². The lowest BCUT2D eigenvalue weighted by molar-refractivity contribution is -0.133. The van der Waals surface area contributed by atoms with Gasteiger partial charge in [0.15, 0.2) is 0 Å². The van der Waals surface area contributed by atoms with E-state index in [0.717, 1.165) is 14.5 Å². The first kappa shape index (κ1) is 13.3. The maximum atomic E-state index is 11.8. The molecule has 0 fully saturated rings. The van der Waals surface area contributed by atoms with Crippen molar-refractivity contribution in [2.45, 2.75) is 6.42 Å². The second-order valence-electron chi connectivity index (χ2n) is 3.74. The number of benzene rings is 2. The van der Waals surface area contributed by atoms with Gasteiger partial charge >= 0.3 is 5.97 Å². The van der Waals surface area contributed by atoms with Crippen molar-refractivity contribution in [3.63, 3.8) is 0 Å². The predicted molar refractivity (Wildman–Crippen MR) is 77.6 cm³/mol. The molecule has 0 spiro atoms. The lowest BCUT2D eigenvalue weighted by Crippen LogP contribution is -2.11. The molecule has 2 aromatic carbocycles. The molecular weight excluding hydrogens is 360 g/mol. The average Bonchev–Trinajstić information content (AvgIpc) is 2.28. The van der Waals surface area contributed by atoms with Crippen LogP contribution < -0.4 is 4.74 Å².